The zero-order chi connectivity index (χ0) is 16.6. The molecule has 6 heteroatoms. The van der Waals surface area contributed by atoms with E-state index in [4.69, 9.17) is 10.1 Å². The lowest BCUT2D eigenvalue weighted by Crippen LogP contribution is -2.52. The van der Waals surface area contributed by atoms with E-state index in [1.54, 1.807) is 11.3 Å². The zero-order valence-electron chi connectivity index (χ0n) is 13.5. The van der Waals surface area contributed by atoms with Crippen LogP contribution < -0.4 is 15.7 Å². The summed E-state index contributed by atoms with van der Waals surface area (Å²) in [6.07, 6.45) is 0. The van der Waals surface area contributed by atoms with E-state index in [9.17, 15) is 0 Å². The average molecular weight is 336 g/mol. The first-order chi connectivity index (χ1) is 11.7. The van der Waals surface area contributed by atoms with Gasteiger partial charge in [0.2, 0.25) is 5.84 Å². The van der Waals surface area contributed by atoms with Crippen molar-refractivity contribution in [1.29, 1.82) is 0 Å². The second kappa shape index (κ2) is 5.83. The van der Waals surface area contributed by atoms with Crippen LogP contribution in [0.5, 0.6) is 0 Å². The maximum atomic E-state index is 4.96. The number of amidine groups is 1. The Hall–Kier alpha value is -2.54. The maximum Gasteiger partial charge on any atom is 0.340 e. The van der Waals surface area contributed by atoms with Gasteiger partial charge in [0.1, 0.15) is 0 Å². The lowest BCUT2D eigenvalue weighted by molar-refractivity contribution is 0.304. The molecule has 0 spiro atoms. The third-order valence-electron chi connectivity index (χ3n) is 4.06. The standard InChI is InChI=1S/C18H18N5S/c1-13-14(2)24-18(19-13)23(16-11-7-4-8-12-16)21-17(20-22-23)15-9-5-3-6-10-15/h3-12,22H,1-2H3,(H,20,21)/q+1. The van der Waals surface area contributed by atoms with E-state index < -0.39 is 0 Å². The highest BCUT2D eigenvalue weighted by Crippen LogP contribution is 2.38. The molecule has 2 heterocycles. The van der Waals surface area contributed by atoms with E-state index in [1.807, 2.05) is 55.5 Å². The number of para-hydroxylation sites is 1. The van der Waals surface area contributed by atoms with Crippen molar-refractivity contribution in [3.05, 3.63) is 76.8 Å². The van der Waals surface area contributed by atoms with Crippen LogP contribution in [-0.4, -0.2) is 10.8 Å². The average Bonchev–Trinajstić information content (AvgIpc) is 3.22. The topological polar surface area (TPSA) is 49.3 Å². The van der Waals surface area contributed by atoms with Crippen LogP contribution in [0.3, 0.4) is 0 Å². The van der Waals surface area contributed by atoms with E-state index in [0.29, 0.717) is 0 Å². The molecule has 2 aromatic carbocycles. The molecule has 3 aromatic rings. The van der Waals surface area contributed by atoms with E-state index in [2.05, 4.69) is 30.0 Å². The summed E-state index contributed by atoms with van der Waals surface area (Å²) < 4.78 is 0.115. The fourth-order valence-electron chi connectivity index (χ4n) is 2.62. The molecule has 2 N–H and O–H groups in total. The highest BCUT2D eigenvalue weighted by molar-refractivity contribution is 7.15. The third-order valence-corrected chi connectivity index (χ3v) is 5.20. The molecular weight excluding hydrogens is 318 g/mol. The van der Waals surface area contributed by atoms with Gasteiger partial charge in [-0.25, -0.2) is 0 Å². The van der Waals surface area contributed by atoms with Crippen molar-refractivity contribution >= 4 is 28.0 Å². The minimum absolute atomic E-state index is 0.115. The summed E-state index contributed by atoms with van der Waals surface area (Å²) in [6, 6.07) is 20.2. The van der Waals surface area contributed by atoms with Crippen LogP contribution >= 0.6 is 11.3 Å². The molecule has 0 saturated heterocycles. The molecular formula is C18H18N5S+. The highest BCUT2D eigenvalue weighted by Gasteiger charge is 2.44. The highest BCUT2D eigenvalue weighted by atomic mass is 32.1. The number of benzene rings is 2. The van der Waals surface area contributed by atoms with Gasteiger partial charge >= 0.3 is 5.13 Å². The van der Waals surface area contributed by atoms with Crippen molar-refractivity contribution in [2.24, 2.45) is 5.10 Å². The number of quaternary nitrogens is 1. The quantitative estimate of drug-likeness (QED) is 0.716. The Bertz CT molecular complexity index is 869. The Balaban J connectivity index is 1.89. The van der Waals surface area contributed by atoms with Gasteiger partial charge in [0, 0.05) is 22.6 Å². The molecule has 0 amide bonds. The van der Waals surface area contributed by atoms with Crippen LogP contribution in [-0.2, 0) is 0 Å². The van der Waals surface area contributed by atoms with E-state index in [0.717, 1.165) is 27.9 Å². The number of nitrogens with zero attached hydrogens (tertiary/aromatic N) is 3. The van der Waals surface area contributed by atoms with Gasteiger partial charge in [0.15, 0.2) is 5.69 Å². The predicted molar refractivity (Wildman–Crippen MR) is 98.7 cm³/mol. The van der Waals surface area contributed by atoms with Crippen LogP contribution in [0.15, 0.2) is 65.8 Å². The summed E-state index contributed by atoms with van der Waals surface area (Å²) in [5.74, 6) is 0.796. The molecule has 5 nitrogen and oxygen atoms in total. The molecule has 1 aromatic heterocycles. The summed E-state index contributed by atoms with van der Waals surface area (Å²) >= 11 is 1.65. The molecule has 1 aliphatic rings. The minimum atomic E-state index is 0.115. The van der Waals surface area contributed by atoms with Crippen molar-refractivity contribution in [2.45, 2.75) is 13.8 Å². The Morgan fingerprint density at radius 2 is 1.58 bits per heavy atom. The summed E-state index contributed by atoms with van der Waals surface area (Å²) in [6.45, 7) is 4.12. The fourth-order valence-corrected chi connectivity index (χ4v) is 3.59. The largest absolute Gasteiger partial charge is 0.340 e. The predicted octanol–water partition coefficient (Wildman–Crippen LogP) is 3.78. The lowest BCUT2D eigenvalue weighted by atomic mass is 10.2. The summed E-state index contributed by atoms with van der Waals surface area (Å²) in [5, 5.41) is 5.85. The molecule has 4 rings (SSSR count). The van der Waals surface area contributed by atoms with Crippen molar-refractivity contribution in [2.75, 3.05) is 0 Å². The number of rotatable bonds is 3. The zero-order valence-corrected chi connectivity index (χ0v) is 14.3. The van der Waals surface area contributed by atoms with Gasteiger partial charge in [-0.15, -0.1) is 0 Å². The number of hydrogen-bond acceptors (Lipinski definition) is 5. The van der Waals surface area contributed by atoms with Crippen LogP contribution in [0.2, 0.25) is 0 Å². The molecule has 1 aliphatic heterocycles. The molecule has 0 radical (unpaired) electrons. The lowest BCUT2D eigenvalue weighted by Gasteiger charge is -2.22. The van der Waals surface area contributed by atoms with Crippen molar-refractivity contribution in [3.8, 4) is 0 Å². The van der Waals surface area contributed by atoms with Gasteiger partial charge in [-0.2, -0.15) is 4.98 Å². The first-order valence-corrected chi connectivity index (χ1v) is 8.59. The molecule has 0 saturated carbocycles. The van der Waals surface area contributed by atoms with Crippen LogP contribution in [0.4, 0.5) is 10.8 Å². The second-order valence-electron chi connectivity index (χ2n) is 5.66. The van der Waals surface area contributed by atoms with Gasteiger partial charge in [-0.05, 0) is 29.2 Å². The van der Waals surface area contributed by atoms with Crippen LogP contribution in [0, 0.1) is 13.8 Å². The second-order valence-corrected chi connectivity index (χ2v) is 6.84. The van der Waals surface area contributed by atoms with Gasteiger partial charge in [0.05, 0.1) is 5.69 Å². The Morgan fingerprint density at radius 1 is 0.917 bits per heavy atom. The first-order valence-electron chi connectivity index (χ1n) is 7.77. The molecule has 1 unspecified atom stereocenters. The summed E-state index contributed by atoms with van der Waals surface area (Å²) in [7, 11) is 0. The Labute approximate surface area is 144 Å². The number of aryl methyl sites for hydroxylation is 2. The molecule has 0 aliphatic carbocycles. The Kier molecular flexibility index (Phi) is 3.65. The number of nitrogens with one attached hydrogen (secondary N) is 2. The smallest absolute Gasteiger partial charge is 0.253 e. The SMILES string of the molecule is Cc1nc([N+]2(c3ccccc3)N=C(c3ccccc3)NN2)sc1C. The van der Waals surface area contributed by atoms with Crippen molar-refractivity contribution < 1.29 is 0 Å². The number of hydrogen-bond donors (Lipinski definition) is 2. The number of thiazole rings is 1. The molecule has 1 atom stereocenters. The molecule has 0 bridgehead atoms. The summed E-state index contributed by atoms with van der Waals surface area (Å²) in [4.78, 5) is 5.95. The monoisotopic (exact) mass is 336 g/mol. The Morgan fingerprint density at radius 3 is 2.21 bits per heavy atom. The maximum absolute atomic E-state index is 4.96. The van der Waals surface area contributed by atoms with Crippen LogP contribution in [0.25, 0.3) is 0 Å². The normalized spacial score (nSPS) is 19.8. The summed E-state index contributed by atoms with van der Waals surface area (Å²) in [5.41, 5.74) is 9.63. The first kappa shape index (κ1) is 15.0. The van der Waals surface area contributed by atoms with Gasteiger partial charge < -0.3 is 0 Å². The van der Waals surface area contributed by atoms with Crippen LogP contribution in [0.1, 0.15) is 16.1 Å². The van der Waals surface area contributed by atoms with Gasteiger partial charge in [0.25, 0.3) is 0 Å². The fraction of sp³-hybridized carbons (Fsp3) is 0.111. The number of aromatic nitrogens is 1. The van der Waals surface area contributed by atoms with Gasteiger partial charge in [-0.1, -0.05) is 59.9 Å². The minimum Gasteiger partial charge on any atom is -0.253 e. The number of hydrazine groups is 1. The van der Waals surface area contributed by atoms with Crippen molar-refractivity contribution in [1.82, 2.24) is 20.6 Å². The van der Waals surface area contributed by atoms with E-state index in [-0.39, 0.29) is 4.70 Å². The van der Waals surface area contributed by atoms with Crippen molar-refractivity contribution in [3.63, 3.8) is 0 Å². The third kappa shape index (κ3) is 2.41. The van der Waals surface area contributed by atoms with Gasteiger partial charge in [-0.3, -0.25) is 5.43 Å². The molecule has 0 fully saturated rings. The van der Waals surface area contributed by atoms with E-state index >= 15 is 0 Å². The molecule has 24 heavy (non-hydrogen) atoms. The van der Waals surface area contributed by atoms with E-state index in [1.165, 1.54) is 4.88 Å². The molecule has 120 valence electrons.